The fourth-order valence-corrected chi connectivity index (χ4v) is 2.35. The van der Waals surface area contributed by atoms with Crippen LogP contribution in [0.15, 0.2) is 39.8 Å². The lowest BCUT2D eigenvalue weighted by Gasteiger charge is -2.15. The zero-order valence-electron chi connectivity index (χ0n) is 12.4. The number of carbonyl (C=O) groups is 1. The van der Waals surface area contributed by atoms with Gasteiger partial charge in [-0.1, -0.05) is 17.3 Å². The lowest BCUT2D eigenvalue weighted by atomic mass is 10.2. The molecule has 0 aliphatic heterocycles. The molecule has 1 N–H and O–H groups in total. The van der Waals surface area contributed by atoms with Gasteiger partial charge in [0.05, 0.1) is 12.2 Å². The average molecular weight is 305 g/mol. The molecule has 0 radical (unpaired) electrons. The highest BCUT2D eigenvalue weighted by atomic mass is 32.2. The summed E-state index contributed by atoms with van der Waals surface area (Å²) in [5.41, 5.74) is 1.92. The molecule has 1 amide bonds. The summed E-state index contributed by atoms with van der Waals surface area (Å²) in [6.07, 6.45) is 2.05. The number of amides is 1. The molecule has 2 rings (SSSR count). The van der Waals surface area contributed by atoms with Gasteiger partial charge in [0.2, 0.25) is 11.8 Å². The van der Waals surface area contributed by atoms with Gasteiger partial charge in [-0.2, -0.15) is 0 Å². The molecule has 6 heteroatoms. The lowest BCUT2D eigenvalue weighted by Crippen LogP contribution is -2.29. The average Bonchev–Trinajstić information content (AvgIpc) is 2.84. The number of likely N-dealkylation sites (N-methyl/N-ethyl adjacent to an activating group) is 1. The smallest absolute Gasteiger partial charge is 0.240 e. The molecule has 5 nitrogen and oxygen atoms in total. The van der Waals surface area contributed by atoms with E-state index in [1.165, 1.54) is 10.5 Å². The van der Waals surface area contributed by atoms with Crippen molar-refractivity contribution in [1.82, 2.24) is 10.1 Å². The third kappa shape index (κ3) is 4.91. The second kappa shape index (κ2) is 7.28. The van der Waals surface area contributed by atoms with Crippen molar-refractivity contribution in [2.45, 2.75) is 18.4 Å². The first-order chi connectivity index (χ1) is 10.1. The highest BCUT2D eigenvalue weighted by Gasteiger charge is 2.10. The van der Waals surface area contributed by atoms with Crippen molar-refractivity contribution >= 4 is 23.6 Å². The maximum absolute atomic E-state index is 11.9. The molecule has 0 aliphatic rings. The van der Waals surface area contributed by atoms with Crippen LogP contribution in [0.2, 0.25) is 0 Å². The SMILES string of the molecule is CSc1ccc(CN(C)CC(=O)Nc2cc(C)no2)cc1. The van der Waals surface area contributed by atoms with E-state index in [-0.39, 0.29) is 5.91 Å². The van der Waals surface area contributed by atoms with Gasteiger partial charge in [0.25, 0.3) is 0 Å². The fourth-order valence-electron chi connectivity index (χ4n) is 1.94. The first-order valence-electron chi connectivity index (χ1n) is 6.61. The lowest BCUT2D eigenvalue weighted by molar-refractivity contribution is -0.117. The Balaban J connectivity index is 1.82. The van der Waals surface area contributed by atoms with Crippen molar-refractivity contribution in [3.05, 3.63) is 41.6 Å². The molecule has 0 spiro atoms. The number of nitrogens with one attached hydrogen (secondary N) is 1. The summed E-state index contributed by atoms with van der Waals surface area (Å²) in [5.74, 6) is 0.268. The number of anilines is 1. The molecule has 0 aliphatic carbocycles. The number of hydrogen-bond donors (Lipinski definition) is 1. The number of thioether (sulfide) groups is 1. The van der Waals surface area contributed by atoms with E-state index in [0.29, 0.717) is 12.4 Å². The second-order valence-corrected chi connectivity index (χ2v) is 5.78. The Morgan fingerprint density at radius 1 is 1.38 bits per heavy atom. The first kappa shape index (κ1) is 15.6. The van der Waals surface area contributed by atoms with E-state index in [1.54, 1.807) is 17.8 Å². The topological polar surface area (TPSA) is 58.4 Å². The molecule has 0 unspecified atom stereocenters. The quantitative estimate of drug-likeness (QED) is 0.832. The summed E-state index contributed by atoms with van der Waals surface area (Å²) in [6, 6.07) is 10.0. The number of aromatic nitrogens is 1. The molecule has 2 aromatic rings. The van der Waals surface area contributed by atoms with E-state index in [1.807, 2.05) is 18.9 Å². The van der Waals surface area contributed by atoms with E-state index < -0.39 is 0 Å². The Morgan fingerprint density at radius 3 is 2.67 bits per heavy atom. The predicted molar refractivity (Wildman–Crippen MR) is 84.4 cm³/mol. The van der Waals surface area contributed by atoms with Crippen molar-refractivity contribution in [3.63, 3.8) is 0 Å². The summed E-state index contributed by atoms with van der Waals surface area (Å²) in [5, 5.41) is 6.41. The monoisotopic (exact) mass is 305 g/mol. The standard InChI is InChI=1S/C15H19N3O2S/c1-11-8-15(20-17-11)16-14(19)10-18(2)9-12-4-6-13(21-3)7-5-12/h4-8H,9-10H2,1-3H3,(H,16,19). The summed E-state index contributed by atoms with van der Waals surface area (Å²) >= 11 is 1.72. The Kier molecular flexibility index (Phi) is 5.41. The van der Waals surface area contributed by atoms with Crippen molar-refractivity contribution in [2.75, 3.05) is 25.2 Å². The Bertz CT molecular complexity index is 595. The maximum Gasteiger partial charge on any atom is 0.240 e. The van der Waals surface area contributed by atoms with Gasteiger partial charge in [0.15, 0.2) is 0 Å². The largest absolute Gasteiger partial charge is 0.338 e. The van der Waals surface area contributed by atoms with E-state index in [2.05, 4.69) is 41.0 Å². The summed E-state index contributed by atoms with van der Waals surface area (Å²) in [6.45, 7) is 2.82. The molecule has 0 fully saturated rings. The van der Waals surface area contributed by atoms with Crippen LogP contribution in [-0.4, -0.2) is 35.8 Å². The minimum absolute atomic E-state index is 0.116. The Morgan fingerprint density at radius 2 is 2.10 bits per heavy atom. The molecule has 0 saturated carbocycles. The summed E-state index contributed by atoms with van der Waals surface area (Å²) in [7, 11) is 1.91. The van der Waals surface area contributed by atoms with Crippen LogP contribution in [0.1, 0.15) is 11.3 Å². The molecule has 112 valence electrons. The van der Waals surface area contributed by atoms with Gasteiger partial charge in [-0.25, -0.2) is 0 Å². The number of rotatable bonds is 6. The van der Waals surface area contributed by atoms with Gasteiger partial charge in [0.1, 0.15) is 0 Å². The molecule has 0 bridgehead atoms. The molecule has 21 heavy (non-hydrogen) atoms. The number of benzene rings is 1. The van der Waals surface area contributed by atoms with Crippen LogP contribution in [0.5, 0.6) is 0 Å². The predicted octanol–water partition coefficient (Wildman–Crippen LogP) is 2.78. The van der Waals surface area contributed by atoms with E-state index in [4.69, 9.17) is 4.52 Å². The minimum atomic E-state index is -0.116. The maximum atomic E-state index is 11.9. The zero-order chi connectivity index (χ0) is 15.2. The number of carbonyl (C=O) groups excluding carboxylic acids is 1. The van der Waals surface area contributed by atoms with E-state index >= 15 is 0 Å². The number of hydrogen-bond acceptors (Lipinski definition) is 5. The third-order valence-corrected chi connectivity index (χ3v) is 3.66. The van der Waals surface area contributed by atoms with Gasteiger partial charge >= 0.3 is 0 Å². The highest BCUT2D eigenvalue weighted by molar-refractivity contribution is 7.98. The van der Waals surface area contributed by atoms with Crippen LogP contribution in [0.3, 0.4) is 0 Å². The van der Waals surface area contributed by atoms with Crippen LogP contribution in [0.4, 0.5) is 5.88 Å². The van der Waals surface area contributed by atoms with Crippen molar-refractivity contribution in [2.24, 2.45) is 0 Å². The molecule has 1 aromatic carbocycles. The van der Waals surface area contributed by atoms with E-state index in [9.17, 15) is 4.79 Å². The van der Waals surface area contributed by atoms with E-state index in [0.717, 1.165) is 12.2 Å². The third-order valence-electron chi connectivity index (χ3n) is 2.92. The van der Waals surface area contributed by atoms with Crippen molar-refractivity contribution in [1.29, 1.82) is 0 Å². The minimum Gasteiger partial charge on any atom is -0.338 e. The molecular formula is C15H19N3O2S. The van der Waals surface area contributed by atoms with Gasteiger partial charge < -0.3 is 4.52 Å². The molecule has 0 saturated heterocycles. The number of nitrogens with zero attached hydrogens (tertiary/aromatic N) is 2. The van der Waals surface area contributed by atoms with Gasteiger partial charge in [0, 0.05) is 17.5 Å². The Hall–Kier alpha value is -1.79. The van der Waals surface area contributed by atoms with Crippen molar-refractivity contribution < 1.29 is 9.32 Å². The summed E-state index contributed by atoms with van der Waals surface area (Å²) in [4.78, 5) is 15.1. The fraction of sp³-hybridized carbons (Fsp3) is 0.333. The van der Waals surface area contributed by atoms with Gasteiger partial charge in [-0.15, -0.1) is 11.8 Å². The molecule has 1 aromatic heterocycles. The Labute approximate surface area is 128 Å². The molecular weight excluding hydrogens is 286 g/mol. The van der Waals surface area contributed by atoms with Gasteiger partial charge in [-0.05, 0) is 37.9 Å². The van der Waals surface area contributed by atoms with Crippen LogP contribution in [0, 0.1) is 6.92 Å². The van der Waals surface area contributed by atoms with Gasteiger partial charge in [-0.3, -0.25) is 15.0 Å². The first-order valence-corrected chi connectivity index (χ1v) is 7.84. The normalized spacial score (nSPS) is 10.9. The van der Waals surface area contributed by atoms with Crippen LogP contribution >= 0.6 is 11.8 Å². The van der Waals surface area contributed by atoms with Crippen LogP contribution < -0.4 is 5.32 Å². The van der Waals surface area contributed by atoms with Crippen LogP contribution in [0.25, 0.3) is 0 Å². The number of aryl methyl sites for hydroxylation is 1. The van der Waals surface area contributed by atoms with Crippen molar-refractivity contribution in [3.8, 4) is 0 Å². The molecule has 1 heterocycles. The second-order valence-electron chi connectivity index (χ2n) is 4.90. The molecule has 0 atom stereocenters. The zero-order valence-corrected chi connectivity index (χ0v) is 13.2. The van der Waals surface area contributed by atoms with Crippen LogP contribution in [-0.2, 0) is 11.3 Å². The highest BCUT2D eigenvalue weighted by Crippen LogP contribution is 2.15. The summed E-state index contributed by atoms with van der Waals surface area (Å²) < 4.78 is 4.96.